The highest BCUT2D eigenvalue weighted by Crippen LogP contribution is 2.21. The van der Waals surface area contributed by atoms with Crippen molar-refractivity contribution in [1.82, 2.24) is 0 Å². The number of carbonyl (C=O) groups is 1. The lowest BCUT2D eigenvalue weighted by molar-refractivity contribution is -0.116. The van der Waals surface area contributed by atoms with E-state index in [9.17, 15) is 9.18 Å². The molecular formula is C18H20ClFN2O. The van der Waals surface area contributed by atoms with Gasteiger partial charge >= 0.3 is 0 Å². The quantitative estimate of drug-likeness (QED) is 0.828. The first-order valence-corrected chi connectivity index (χ1v) is 7.92. The lowest BCUT2D eigenvalue weighted by Gasteiger charge is -2.28. The van der Waals surface area contributed by atoms with Gasteiger partial charge in [0.1, 0.15) is 5.82 Å². The molecule has 5 heteroatoms. The molecule has 122 valence electrons. The Morgan fingerprint density at radius 3 is 2.43 bits per heavy atom. The van der Waals surface area contributed by atoms with Crippen molar-refractivity contribution in [2.24, 2.45) is 0 Å². The molecule has 0 atom stereocenters. The fourth-order valence-electron chi connectivity index (χ4n) is 2.32. The minimum absolute atomic E-state index is 0.106. The Bertz CT molecular complexity index is 658. The molecule has 1 amide bonds. The van der Waals surface area contributed by atoms with Crippen molar-refractivity contribution in [3.63, 3.8) is 0 Å². The molecule has 2 rings (SSSR count). The lowest BCUT2D eigenvalue weighted by Crippen LogP contribution is -2.33. The second kappa shape index (κ2) is 7.97. The van der Waals surface area contributed by atoms with Crippen molar-refractivity contribution >= 4 is 28.9 Å². The van der Waals surface area contributed by atoms with E-state index in [1.165, 1.54) is 12.1 Å². The van der Waals surface area contributed by atoms with Crippen LogP contribution in [0.5, 0.6) is 0 Å². The maximum atomic E-state index is 13.1. The van der Waals surface area contributed by atoms with Crippen LogP contribution in [0.15, 0.2) is 48.5 Å². The van der Waals surface area contributed by atoms with E-state index >= 15 is 0 Å². The number of nitrogens with zero attached hydrogens (tertiary/aromatic N) is 1. The molecule has 0 aliphatic carbocycles. The summed E-state index contributed by atoms with van der Waals surface area (Å²) >= 11 is 6.03. The summed E-state index contributed by atoms with van der Waals surface area (Å²) in [7, 11) is 0. The summed E-state index contributed by atoms with van der Waals surface area (Å²) in [6.45, 7) is 4.62. The van der Waals surface area contributed by atoms with Gasteiger partial charge in [0.05, 0.1) is 10.7 Å². The van der Waals surface area contributed by atoms with Crippen LogP contribution in [-0.2, 0) is 4.79 Å². The van der Waals surface area contributed by atoms with Crippen molar-refractivity contribution < 1.29 is 9.18 Å². The second-order valence-electron chi connectivity index (χ2n) is 5.54. The first-order valence-electron chi connectivity index (χ1n) is 7.54. The second-order valence-corrected chi connectivity index (χ2v) is 5.95. The van der Waals surface area contributed by atoms with Crippen molar-refractivity contribution in [2.45, 2.75) is 26.3 Å². The fraction of sp³-hybridized carbons (Fsp3) is 0.278. The van der Waals surface area contributed by atoms with E-state index in [2.05, 4.69) is 10.2 Å². The third-order valence-electron chi connectivity index (χ3n) is 3.51. The third kappa shape index (κ3) is 4.96. The largest absolute Gasteiger partial charge is 0.369 e. The van der Waals surface area contributed by atoms with Gasteiger partial charge in [-0.3, -0.25) is 4.79 Å². The smallest absolute Gasteiger partial charge is 0.226 e. The lowest BCUT2D eigenvalue weighted by atomic mass is 10.2. The average Bonchev–Trinajstić information content (AvgIpc) is 2.51. The summed E-state index contributed by atoms with van der Waals surface area (Å²) in [5.41, 5.74) is 1.50. The third-order valence-corrected chi connectivity index (χ3v) is 3.84. The van der Waals surface area contributed by atoms with E-state index in [1.54, 1.807) is 24.3 Å². The molecule has 2 aromatic carbocycles. The summed E-state index contributed by atoms with van der Waals surface area (Å²) in [6, 6.07) is 13.6. The van der Waals surface area contributed by atoms with Gasteiger partial charge in [0, 0.05) is 24.7 Å². The van der Waals surface area contributed by atoms with E-state index in [4.69, 9.17) is 11.6 Å². The maximum absolute atomic E-state index is 13.1. The highest BCUT2D eigenvalue weighted by Gasteiger charge is 2.13. The Balaban J connectivity index is 1.97. The zero-order valence-corrected chi connectivity index (χ0v) is 14.0. The number of nitrogens with one attached hydrogen (secondary N) is 1. The molecule has 3 nitrogen and oxygen atoms in total. The summed E-state index contributed by atoms with van der Waals surface area (Å²) in [6.07, 6.45) is 0.320. The number of hydrogen-bond donors (Lipinski definition) is 1. The van der Waals surface area contributed by atoms with Crippen LogP contribution < -0.4 is 10.2 Å². The zero-order chi connectivity index (χ0) is 16.8. The van der Waals surface area contributed by atoms with Gasteiger partial charge in [-0.25, -0.2) is 4.39 Å². The predicted molar refractivity (Wildman–Crippen MR) is 93.6 cm³/mol. The van der Waals surface area contributed by atoms with Crippen LogP contribution in [-0.4, -0.2) is 18.5 Å². The molecule has 0 aliphatic heterocycles. The Morgan fingerprint density at radius 1 is 1.17 bits per heavy atom. The summed E-state index contributed by atoms with van der Waals surface area (Å²) in [4.78, 5) is 14.2. The van der Waals surface area contributed by atoms with Gasteiger partial charge in [0.15, 0.2) is 0 Å². The Kier molecular flexibility index (Phi) is 5.99. The predicted octanol–water partition coefficient (Wildman–Crippen LogP) is 4.72. The molecule has 2 aromatic rings. The molecule has 0 fully saturated rings. The van der Waals surface area contributed by atoms with E-state index in [-0.39, 0.29) is 17.8 Å². The van der Waals surface area contributed by atoms with Gasteiger partial charge in [-0.2, -0.15) is 0 Å². The molecule has 0 bridgehead atoms. The van der Waals surface area contributed by atoms with Crippen LogP contribution in [0.4, 0.5) is 15.8 Å². The average molecular weight is 335 g/mol. The van der Waals surface area contributed by atoms with Gasteiger partial charge in [-0.15, -0.1) is 0 Å². The number of para-hydroxylation sites is 1. The molecular weight excluding hydrogens is 315 g/mol. The first-order chi connectivity index (χ1) is 11.0. The fourth-order valence-corrected chi connectivity index (χ4v) is 2.50. The molecule has 0 saturated heterocycles. The molecule has 0 heterocycles. The van der Waals surface area contributed by atoms with Crippen LogP contribution >= 0.6 is 11.6 Å². The minimum atomic E-state index is -0.270. The van der Waals surface area contributed by atoms with E-state index in [0.29, 0.717) is 23.7 Å². The van der Waals surface area contributed by atoms with Crippen LogP contribution in [0, 0.1) is 5.82 Å². The molecule has 0 radical (unpaired) electrons. The summed E-state index contributed by atoms with van der Waals surface area (Å²) < 4.78 is 13.1. The SMILES string of the molecule is CC(C)N(CCC(=O)Nc1ccccc1Cl)c1ccc(F)cc1. The Morgan fingerprint density at radius 2 is 1.83 bits per heavy atom. The van der Waals surface area contributed by atoms with Crippen molar-refractivity contribution in [2.75, 3.05) is 16.8 Å². The molecule has 23 heavy (non-hydrogen) atoms. The van der Waals surface area contributed by atoms with E-state index in [0.717, 1.165) is 5.69 Å². The van der Waals surface area contributed by atoms with Crippen LogP contribution in [0.25, 0.3) is 0 Å². The molecule has 0 spiro atoms. The van der Waals surface area contributed by atoms with Crippen molar-refractivity contribution in [3.05, 3.63) is 59.4 Å². The van der Waals surface area contributed by atoms with Crippen LogP contribution in [0.2, 0.25) is 5.02 Å². The van der Waals surface area contributed by atoms with Gasteiger partial charge in [-0.05, 0) is 50.2 Å². The van der Waals surface area contributed by atoms with E-state index < -0.39 is 0 Å². The van der Waals surface area contributed by atoms with Gasteiger partial charge in [0.25, 0.3) is 0 Å². The molecule has 0 aromatic heterocycles. The molecule has 0 aliphatic rings. The maximum Gasteiger partial charge on any atom is 0.226 e. The summed E-state index contributed by atoms with van der Waals surface area (Å²) in [5, 5.41) is 3.32. The van der Waals surface area contributed by atoms with Gasteiger partial charge in [0.2, 0.25) is 5.91 Å². The highest BCUT2D eigenvalue weighted by atomic mass is 35.5. The number of benzene rings is 2. The monoisotopic (exact) mass is 334 g/mol. The van der Waals surface area contributed by atoms with Crippen molar-refractivity contribution in [1.29, 1.82) is 0 Å². The van der Waals surface area contributed by atoms with Gasteiger partial charge in [-0.1, -0.05) is 23.7 Å². The number of rotatable bonds is 6. The van der Waals surface area contributed by atoms with Crippen LogP contribution in [0.3, 0.4) is 0 Å². The molecule has 0 unspecified atom stereocenters. The topological polar surface area (TPSA) is 32.3 Å². The minimum Gasteiger partial charge on any atom is -0.369 e. The van der Waals surface area contributed by atoms with Crippen molar-refractivity contribution in [3.8, 4) is 0 Å². The standard InChI is InChI=1S/C18H20ClFN2O/c1-13(2)22(15-9-7-14(20)8-10-15)12-11-18(23)21-17-6-4-3-5-16(17)19/h3-10,13H,11-12H2,1-2H3,(H,21,23). The zero-order valence-electron chi connectivity index (χ0n) is 13.2. The summed E-state index contributed by atoms with van der Waals surface area (Å²) in [5.74, 6) is -0.375. The van der Waals surface area contributed by atoms with Gasteiger partial charge < -0.3 is 10.2 Å². The number of hydrogen-bond acceptors (Lipinski definition) is 2. The number of amides is 1. The normalized spacial score (nSPS) is 10.7. The molecule has 0 saturated carbocycles. The number of carbonyl (C=O) groups excluding carboxylic acids is 1. The molecule has 1 N–H and O–H groups in total. The number of halogens is 2. The number of anilines is 2. The van der Waals surface area contributed by atoms with E-state index in [1.807, 2.05) is 26.0 Å². The highest BCUT2D eigenvalue weighted by molar-refractivity contribution is 6.33. The Hall–Kier alpha value is -2.07. The Labute approximate surface area is 141 Å². The first kappa shape index (κ1) is 17.3. The van der Waals surface area contributed by atoms with Crippen LogP contribution in [0.1, 0.15) is 20.3 Å².